The van der Waals surface area contributed by atoms with E-state index in [9.17, 15) is 59.1 Å². The van der Waals surface area contributed by atoms with E-state index in [1.165, 1.54) is 78.2 Å². The van der Waals surface area contributed by atoms with Crippen LogP contribution in [0.3, 0.4) is 0 Å². The van der Waals surface area contributed by atoms with Crippen LogP contribution < -0.4 is 16.2 Å². The first-order chi connectivity index (χ1) is 58.7. The number of nitrogens with zero attached hydrogens (tertiary/aromatic N) is 9. The number of allylic oxidation sites excluding steroid dienone is 2. The van der Waals surface area contributed by atoms with Crippen LogP contribution >= 0.6 is 0 Å². The summed E-state index contributed by atoms with van der Waals surface area (Å²) < 4.78 is 142. The van der Waals surface area contributed by atoms with Crippen LogP contribution in [0.4, 0.5) is 35.1 Å². The third-order valence-corrected chi connectivity index (χ3v) is 20.9. The van der Waals surface area contributed by atoms with Crippen molar-refractivity contribution < 1.29 is 82.8 Å². The first kappa shape index (κ1) is 86.1. The Balaban J connectivity index is 0.000000158. The maximum atomic E-state index is 14.4. The zero-order chi connectivity index (χ0) is 86.6. The fourth-order valence-corrected chi connectivity index (χ4v) is 15.3. The van der Waals surface area contributed by atoms with E-state index in [1.54, 1.807) is 74.4 Å². The highest BCUT2D eigenvalue weighted by molar-refractivity contribution is 5.93. The number of carbonyl (C=O) groups is 5. The molecule has 8 heterocycles. The van der Waals surface area contributed by atoms with Gasteiger partial charge in [-0.05, 0) is 144 Å². The van der Waals surface area contributed by atoms with Gasteiger partial charge in [-0.1, -0.05) is 79.4 Å². The summed E-state index contributed by atoms with van der Waals surface area (Å²) in [6, 6.07) is 37.1. The van der Waals surface area contributed by atoms with Crippen LogP contribution in [-0.4, -0.2) is 95.1 Å². The van der Waals surface area contributed by atoms with Crippen molar-refractivity contribution in [1.29, 1.82) is 0 Å². The Kier molecular flexibility index (Phi) is 27.2. The van der Waals surface area contributed by atoms with Gasteiger partial charge in [0.05, 0.1) is 94.2 Å². The molecule has 29 heteroatoms. The number of carbonyl (C=O) groups excluding carboxylic acids is 5. The lowest BCUT2D eigenvalue weighted by molar-refractivity contribution is -0.121. The second-order valence-corrected chi connectivity index (χ2v) is 29.5. The predicted octanol–water partition coefficient (Wildman–Crippen LogP) is 16.6. The molecule has 0 amide bonds. The molecule has 12 aromatic rings. The monoisotopic (exact) mass is 1660 g/mol. The molecule has 4 N–H and O–H groups in total. The topological polar surface area (TPSA) is 284 Å². The molecule has 2 aliphatic heterocycles. The van der Waals surface area contributed by atoms with E-state index in [0.29, 0.717) is 96.5 Å². The van der Waals surface area contributed by atoms with Gasteiger partial charge in [-0.2, -0.15) is 10.2 Å². The Hall–Kier alpha value is -13.8. The second-order valence-electron chi connectivity index (χ2n) is 29.5. The minimum atomic E-state index is -0.753. The van der Waals surface area contributed by atoms with E-state index in [2.05, 4.69) is 48.3 Å². The van der Waals surface area contributed by atoms with Gasteiger partial charge in [0, 0.05) is 143 Å². The molecule has 6 aromatic carbocycles. The van der Waals surface area contributed by atoms with Crippen molar-refractivity contribution in [2.75, 3.05) is 21.3 Å². The van der Waals surface area contributed by atoms with Crippen molar-refractivity contribution in [3.63, 3.8) is 0 Å². The van der Waals surface area contributed by atoms with Crippen LogP contribution in [0.25, 0.3) is 50.5 Å². The number of pyridine rings is 3. The van der Waals surface area contributed by atoms with Crippen molar-refractivity contribution in [2.24, 2.45) is 11.5 Å². The Morgan fingerprint density at radius 3 is 1.48 bits per heavy atom. The van der Waals surface area contributed by atoms with Gasteiger partial charge in [0.2, 0.25) is 5.88 Å². The van der Waals surface area contributed by atoms with E-state index in [1.807, 2.05) is 49.4 Å². The number of aromatic nitrogens is 9. The Bertz CT molecular complexity index is 6010. The van der Waals surface area contributed by atoms with E-state index >= 15 is 0 Å². The van der Waals surface area contributed by atoms with Crippen LogP contribution in [0.5, 0.6) is 5.88 Å². The smallest absolute Gasteiger partial charge is 0.358 e. The molecule has 0 bridgehead atoms. The number of rotatable bonds is 29. The molecule has 122 heavy (non-hydrogen) atoms. The van der Waals surface area contributed by atoms with Crippen molar-refractivity contribution in [3.05, 3.63) is 338 Å². The average molecular weight is 1660 g/mol. The molecule has 15 rings (SSSR count). The molecular formula is C93H81F8N11O10. The quantitative estimate of drug-likeness (QED) is 0.0325. The standard InChI is InChI=1S/2C31H27F3N4O4.C31H27F2N3O2/c1-17(35)25-12-19(5-6-27(25)34)24-4-3-7-36-29(24)20(8-18-9-21(32)13-22(33)10-18)11-23(39)14-38-28-16-42-15-26(28)30(37-38)31(40)41-2;1-17(35)25-12-19(5-6-27(25)34)24-4-3-7-36-29(24)20(8-18-9-21(32)13-22(33)10-18)11-23(39)14-38-30(31(40)41-2)26-15-42-16-28(26)37-38;1-19-3-5-22(6-4-19)30-31(35-12-11-34-30)24(13-20-14-25(32)18-26(33)15-20)17-27(37)16-23-8-7-21-9-10-28(38-2)36-29(21)23/h2*3-7,9-10,12-13,20H,1,8,11,14-16,35H2,2H3;3-6,8-12,14-15,18,24H,7,13,16-17H2,1-2H3/t2*20-;/m11./s1. The van der Waals surface area contributed by atoms with Crippen LogP contribution in [0.2, 0.25) is 0 Å². The molecule has 3 atom stereocenters. The summed E-state index contributed by atoms with van der Waals surface area (Å²) in [7, 11) is 4.04. The van der Waals surface area contributed by atoms with Gasteiger partial charge < -0.3 is 35.2 Å². The Morgan fingerprint density at radius 2 is 0.967 bits per heavy atom. The number of halogens is 8. The SMILES string of the molecule is C=C(N)c1cc(-c2cccnc2[C@@H](CC(=O)Cn2nc(C(=O)OC)c3c2COC3)Cc2cc(F)cc(F)c2)ccc1F.C=C(N)c1cc(-c2cccnc2[C@@H](CC(=O)Cn2nc3c(c2C(=O)OC)COC3)Cc2cc(F)cc(F)c2)ccc1F.COc1ccc2c(n1)C(CC(=O)CC(Cc1cc(F)cc(F)c1)c1nccnc1-c1ccc(C)cc1)=CC2. The number of hydrogen-bond acceptors (Lipinski definition) is 19. The zero-order valence-corrected chi connectivity index (χ0v) is 66.7. The normalized spacial score (nSPS) is 13.1. The lowest BCUT2D eigenvalue weighted by Gasteiger charge is -2.20. The minimum absolute atomic E-state index is 0.0175. The molecule has 0 fully saturated rings. The molecule has 0 spiro atoms. The number of fused-ring (bicyclic) bond motifs is 3. The third kappa shape index (κ3) is 20.5. The van der Waals surface area contributed by atoms with E-state index in [0.717, 1.165) is 46.2 Å². The van der Waals surface area contributed by atoms with Gasteiger partial charge in [0.25, 0.3) is 0 Å². The number of esters is 2. The number of nitrogens with two attached hydrogens (primary N) is 2. The van der Waals surface area contributed by atoms with Gasteiger partial charge in [-0.15, -0.1) is 0 Å². The number of hydrogen-bond donors (Lipinski definition) is 2. The third-order valence-electron chi connectivity index (χ3n) is 20.9. The summed E-state index contributed by atoms with van der Waals surface area (Å²) in [5.74, 6) is -8.50. The summed E-state index contributed by atoms with van der Waals surface area (Å²) in [6.07, 6.45) is 9.54. The molecule has 0 radical (unpaired) electrons. The molecule has 0 saturated heterocycles. The highest BCUT2D eigenvalue weighted by atomic mass is 19.2. The molecule has 624 valence electrons. The summed E-state index contributed by atoms with van der Waals surface area (Å²) in [5, 5.41) is 8.69. The molecule has 3 aliphatic rings. The maximum absolute atomic E-state index is 14.4. The first-order valence-corrected chi connectivity index (χ1v) is 38.6. The summed E-state index contributed by atoms with van der Waals surface area (Å²) in [5.41, 5.74) is 24.7. The molecular weight excluding hydrogens is 1580 g/mol. The zero-order valence-electron chi connectivity index (χ0n) is 66.7. The Morgan fingerprint density at radius 1 is 0.492 bits per heavy atom. The molecule has 1 unspecified atom stereocenters. The number of ether oxygens (including phenoxy) is 5. The van der Waals surface area contributed by atoms with Gasteiger partial charge in [-0.25, -0.2) is 54.4 Å². The maximum Gasteiger partial charge on any atom is 0.358 e. The van der Waals surface area contributed by atoms with E-state index in [-0.39, 0.29) is 136 Å². The predicted molar refractivity (Wildman–Crippen MR) is 436 cm³/mol. The highest BCUT2D eigenvalue weighted by Crippen LogP contribution is 2.40. The van der Waals surface area contributed by atoms with Crippen molar-refractivity contribution >= 4 is 46.3 Å². The van der Waals surface area contributed by atoms with Gasteiger partial charge in [-0.3, -0.25) is 39.0 Å². The minimum Gasteiger partial charge on any atom is -0.481 e. The number of Topliss-reactive ketones (excluding diaryl/α,β-unsaturated/α-hetero) is 3. The van der Waals surface area contributed by atoms with Crippen LogP contribution in [-0.2, 0) is 98.5 Å². The highest BCUT2D eigenvalue weighted by Gasteiger charge is 2.34. The molecule has 21 nitrogen and oxygen atoms in total. The van der Waals surface area contributed by atoms with Crippen molar-refractivity contribution in [1.82, 2.24) is 44.5 Å². The summed E-state index contributed by atoms with van der Waals surface area (Å²) in [4.78, 5) is 88.1. The van der Waals surface area contributed by atoms with Gasteiger partial charge >= 0.3 is 11.9 Å². The lowest BCUT2D eigenvalue weighted by atomic mass is 9.86. The molecule has 0 saturated carbocycles. The van der Waals surface area contributed by atoms with Crippen molar-refractivity contribution in [3.8, 4) is 39.4 Å². The van der Waals surface area contributed by atoms with E-state index < -0.39 is 76.2 Å². The van der Waals surface area contributed by atoms with E-state index in [4.69, 9.17) is 35.2 Å². The van der Waals surface area contributed by atoms with Crippen molar-refractivity contribution in [2.45, 2.75) is 116 Å². The summed E-state index contributed by atoms with van der Waals surface area (Å²) >= 11 is 0. The second kappa shape index (κ2) is 38.5. The fraction of sp³-hybridized carbons (Fsp3) is 0.226. The lowest BCUT2D eigenvalue weighted by Crippen LogP contribution is -2.21. The average Bonchev–Trinajstić information content (AvgIpc) is 0.860. The molecule has 6 aromatic heterocycles. The molecule has 1 aliphatic carbocycles. The summed E-state index contributed by atoms with van der Waals surface area (Å²) in [6.45, 7) is 9.58. The number of aryl methyl sites for hydroxylation is 1. The first-order valence-electron chi connectivity index (χ1n) is 38.6. The Labute approximate surface area is 695 Å². The number of benzene rings is 6. The van der Waals surface area contributed by atoms with Gasteiger partial charge in [0.1, 0.15) is 58.9 Å². The van der Waals surface area contributed by atoms with Crippen LogP contribution in [0.15, 0.2) is 196 Å². The van der Waals surface area contributed by atoms with Crippen LogP contribution in [0, 0.1) is 53.5 Å². The van der Waals surface area contributed by atoms with Crippen LogP contribution in [0.1, 0.15) is 149 Å². The largest absolute Gasteiger partial charge is 0.481 e. The number of methoxy groups -OCH3 is 3. The fourth-order valence-electron chi connectivity index (χ4n) is 15.3. The number of ketones is 3. The van der Waals surface area contributed by atoms with Gasteiger partial charge in [0.15, 0.2) is 23.0 Å².